The minimum atomic E-state index is -3.86. The number of esters is 1. The molecule has 2 fully saturated rings. The van der Waals surface area contributed by atoms with Gasteiger partial charge in [0, 0.05) is 31.1 Å². The number of pyridine rings is 1. The van der Waals surface area contributed by atoms with Gasteiger partial charge in [0.15, 0.2) is 16.9 Å². The molecule has 0 radical (unpaired) electrons. The van der Waals surface area contributed by atoms with Gasteiger partial charge < -0.3 is 14.2 Å². The van der Waals surface area contributed by atoms with E-state index in [1.807, 2.05) is 0 Å². The molecule has 0 N–H and O–H groups in total. The molecule has 0 spiro atoms. The van der Waals surface area contributed by atoms with E-state index >= 15 is 0 Å². The van der Waals surface area contributed by atoms with Crippen LogP contribution in [0.4, 0.5) is 8.78 Å². The number of aromatic nitrogens is 1. The number of sulfonamides is 1. The number of benzene rings is 2. The molecular formula is C29H28Cl2F2N2O6S2. The standard InChI is InChI=1S/C29H28Cl2F2N2O6S2/c30-22-14-34-15-23(31)21(22)13-25(20-8-9-24(41-29(32)33)26(12-20)39-16-18-6-7-18)40-28(36)27-35(10-11-42-27)43(37,38)17-19-4-2-1-3-5-19/h1-5,8-9,12,14-15,18,25,27,29H,6-7,10-11,13,16-17H2/t25-,27-/m0/s1. The zero-order valence-electron chi connectivity index (χ0n) is 22.7. The van der Waals surface area contributed by atoms with Crippen molar-refractivity contribution in [3.63, 3.8) is 0 Å². The molecule has 2 atom stereocenters. The average Bonchev–Trinajstić information content (AvgIpc) is 3.65. The highest BCUT2D eigenvalue weighted by Crippen LogP contribution is 2.39. The topological polar surface area (TPSA) is 95.0 Å². The second-order valence-electron chi connectivity index (χ2n) is 10.1. The van der Waals surface area contributed by atoms with Gasteiger partial charge in [0.2, 0.25) is 10.0 Å². The van der Waals surface area contributed by atoms with Gasteiger partial charge in [-0.1, -0.05) is 59.6 Å². The number of hydrogen-bond donors (Lipinski definition) is 0. The fourth-order valence-corrected chi connectivity index (χ4v) is 8.29. The molecule has 0 bridgehead atoms. The summed E-state index contributed by atoms with van der Waals surface area (Å²) in [5.74, 6) is -0.404. The summed E-state index contributed by atoms with van der Waals surface area (Å²) in [6, 6.07) is 13.0. The van der Waals surface area contributed by atoms with Crippen molar-refractivity contribution in [3.8, 4) is 11.5 Å². The van der Waals surface area contributed by atoms with Crippen molar-refractivity contribution < 1.29 is 36.2 Å². The monoisotopic (exact) mass is 672 g/mol. The molecule has 14 heteroatoms. The number of thioether (sulfide) groups is 1. The first-order valence-electron chi connectivity index (χ1n) is 13.5. The molecule has 1 aromatic heterocycles. The Kier molecular flexibility index (Phi) is 10.3. The first-order chi connectivity index (χ1) is 20.6. The molecule has 0 unspecified atom stereocenters. The van der Waals surface area contributed by atoms with E-state index in [4.69, 9.17) is 32.7 Å². The normalized spacial score (nSPS) is 18.0. The van der Waals surface area contributed by atoms with Gasteiger partial charge in [-0.2, -0.15) is 13.1 Å². The molecule has 5 rings (SSSR count). The van der Waals surface area contributed by atoms with Crippen LogP contribution in [0, 0.1) is 5.92 Å². The van der Waals surface area contributed by atoms with Gasteiger partial charge in [-0.15, -0.1) is 11.8 Å². The van der Waals surface area contributed by atoms with Gasteiger partial charge >= 0.3 is 12.6 Å². The van der Waals surface area contributed by atoms with Gasteiger partial charge in [-0.3, -0.25) is 4.98 Å². The summed E-state index contributed by atoms with van der Waals surface area (Å²) in [4.78, 5) is 17.6. The molecule has 1 aliphatic heterocycles. The first-order valence-corrected chi connectivity index (χ1v) is 16.9. The number of hydrogen-bond acceptors (Lipinski definition) is 8. The van der Waals surface area contributed by atoms with Crippen molar-refractivity contribution in [2.24, 2.45) is 5.92 Å². The molecule has 43 heavy (non-hydrogen) atoms. The quantitative estimate of drug-likeness (QED) is 0.190. The van der Waals surface area contributed by atoms with Crippen molar-refractivity contribution in [2.75, 3.05) is 18.9 Å². The van der Waals surface area contributed by atoms with E-state index in [0.29, 0.717) is 35.0 Å². The molecule has 2 aliphatic rings. The minimum absolute atomic E-state index is 0.00278. The van der Waals surface area contributed by atoms with Crippen LogP contribution < -0.4 is 9.47 Å². The highest BCUT2D eigenvalue weighted by Gasteiger charge is 2.41. The third-order valence-corrected chi connectivity index (χ3v) is 10.7. The van der Waals surface area contributed by atoms with Gasteiger partial charge in [-0.05, 0) is 47.6 Å². The lowest BCUT2D eigenvalue weighted by molar-refractivity contribution is -0.150. The fraction of sp³-hybridized carbons (Fsp3) is 0.379. The second kappa shape index (κ2) is 14.0. The van der Waals surface area contributed by atoms with Crippen molar-refractivity contribution in [3.05, 3.63) is 87.7 Å². The van der Waals surface area contributed by atoms with Crippen LogP contribution in [0.3, 0.4) is 0 Å². The number of halogens is 4. The summed E-state index contributed by atoms with van der Waals surface area (Å²) in [6.07, 6.45) is 3.72. The molecule has 2 aromatic carbocycles. The van der Waals surface area contributed by atoms with Crippen LogP contribution in [-0.4, -0.2) is 54.6 Å². The summed E-state index contributed by atoms with van der Waals surface area (Å²) in [7, 11) is -3.86. The summed E-state index contributed by atoms with van der Waals surface area (Å²) < 4.78 is 70.5. The number of rotatable bonds is 13. The smallest absolute Gasteiger partial charge is 0.387 e. The van der Waals surface area contributed by atoms with E-state index < -0.39 is 34.1 Å². The zero-order valence-corrected chi connectivity index (χ0v) is 25.8. The Labute approximate surface area is 262 Å². The third-order valence-electron chi connectivity index (χ3n) is 6.93. The van der Waals surface area contributed by atoms with Gasteiger partial charge in [0.25, 0.3) is 0 Å². The SMILES string of the molecule is O=C(O[C@@H](Cc1c(Cl)cncc1Cl)c1ccc(OC(F)F)c(OCC2CC2)c1)[C@@H]1SCCN1S(=O)(=O)Cc1ccccc1. The van der Waals surface area contributed by atoms with Crippen LogP contribution in [0.1, 0.15) is 35.6 Å². The van der Waals surface area contributed by atoms with Crippen molar-refractivity contribution in [2.45, 2.75) is 43.1 Å². The highest BCUT2D eigenvalue weighted by atomic mass is 35.5. The lowest BCUT2D eigenvalue weighted by Crippen LogP contribution is -2.41. The molecule has 1 saturated heterocycles. The Balaban J connectivity index is 1.43. The number of alkyl halides is 2. The molecule has 230 valence electrons. The Bertz CT molecular complexity index is 1530. The van der Waals surface area contributed by atoms with E-state index in [2.05, 4.69) is 9.72 Å². The van der Waals surface area contributed by atoms with E-state index in [9.17, 15) is 22.0 Å². The van der Waals surface area contributed by atoms with Crippen molar-refractivity contribution in [1.82, 2.24) is 9.29 Å². The lowest BCUT2D eigenvalue weighted by Gasteiger charge is -2.26. The Morgan fingerprint density at radius 3 is 2.47 bits per heavy atom. The fourth-order valence-electron chi connectivity index (χ4n) is 4.56. The molecule has 0 amide bonds. The summed E-state index contributed by atoms with van der Waals surface area (Å²) >= 11 is 13.9. The van der Waals surface area contributed by atoms with E-state index in [0.717, 1.165) is 28.9 Å². The van der Waals surface area contributed by atoms with Crippen LogP contribution in [0.5, 0.6) is 11.5 Å². The highest BCUT2D eigenvalue weighted by molar-refractivity contribution is 8.01. The summed E-state index contributed by atoms with van der Waals surface area (Å²) in [5, 5.41) is -0.649. The molecular weight excluding hydrogens is 645 g/mol. The maximum atomic E-state index is 13.6. The Morgan fingerprint density at radius 2 is 1.79 bits per heavy atom. The van der Waals surface area contributed by atoms with Crippen LogP contribution >= 0.6 is 35.0 Å². The molecule has 1 saturated carbocycles. The maximum Gasteiger partial charge on any atom is 0.387 e. The lowest BCUT2D eigenvalue weighted by atomic mass is 10.0. The predicted molar refractivity (Wildman–Crippen MR) is 160 cm³/mol. The van der Waals surface area contributed by atoms with E-state index in [1.54, 1.807) is 30.3 Å². The van der Waals surface area contributed by atoms with Crippen LogP contribution in [0.15, 0.2) is 60.9 Å². The first kappa shape index (κ1) is 31.8. The zero-order chi connectivity index (χ0) is 30.6. The van der Waals surface area contributed by atoms with Gasteiger partial charge in [0.1, 0.15) is 6.10 Å². The van der Waals surface area contributed by atoms with E-state index in [-0.39, 0.29) is 40.3 Å². The third kappa shape index (κ3) is 8.30. The Morgan fingerprint density at radius 1 is 1.07 bits per heavy atom. The predicted octanol–water partition coefficient (Wildman–Crippen LogP) is 6.51. The van der Waals surface area contributed by atoms with Gasteiger partial charge in [0.05, 0.1) is 22.4 Å². The second-order valence-corrected chi connectivity index (χ2v) is 14.1. The van der Waals surface area contributed by atoms with Gasteiger partial charge in [-0.25, -0.2) is 13.2 Å². The van der Waals surface area contributed by atoms with Crippen LogP contribution in [0.2, 0.25) is 10.0 Å². The van der Waals surface area contributed by atoms with E-state index in [1.165, 1.54) is 30.6 Å². The molecule has 8 nitrogen and oxygen atoms in total. The minimum Gasteiger partial charge on any atom is -0.489 e. The van der Waals surface area contributed by atoms with Crippen molar-refractivity contribution >= 4 is 51.0 Å². The van der Waals surface area contributed by atoms with Crippen LogP contribution in [0.25, 0.3) is 0 Å². The summed E-state index contributed by atoms with van der Waals surface area (Å²) in [6.45, 7) is -2.60. The number of ether oxygens (including phenoxy) is 3. The van der Waals surface area contributed by atoms with Crippen LogP contribution in [-0.2, 0) is 31.7 Å². The summed E-state index contributed by atoms with van der Waals surface area (Å²) in [5.41, 5.74) is 1.43. The number of carbonyl (C=O) groups is 1. The maximum absolute atomic E-state index is 13.6. The number of carbonyl (C=O) groups excluding carboxylic acids is 1. The van der Waals surface area contributed by atoms with Crippen molar-refractivity contribution in [1.29, 1.82) is 0 Å². The molecule has 3 aromatic rings. The molecule has 2 heterocycles. The Hall–Kier alpha value is -2.64. The largest absolute Gasteiger partial charge is 0.489 e. The average molecular weight is 674 g/mol. The number of nitrogens with zero attached hydrogens (tertiary/aromatic N) is 2. The molecule has 1 aliphatic carbocycles.